The molecular formula is C31H38N6O2. The van der Waals surface area contributed by atoms with Crippen LogP contribution in [0.25, 0.3) is 11.1 Å². The molecule has 1 amide bonds. The Morgan fingerprint density at radius 1 is 1.03 bits per heavy atom. The second-order valence-electron chi connectivity index (χ2n) is 10.2. The van der Waals surface area contributed by atoms with E-state index >= 15 is 0 Å². The van der Waals surface area contributed by atoms with Crippen LogP contribution in [-0.2, 0) is 6.42 Å². The first kappa shape index (κ1) is 28.0. The molecule has 1 aliphatic heterocycles. The Hall–Kier alpha value is -4.01. The molecule has 3 N–H and O–H groups in total. The zero-order valence-corrected chi connectivity index (χ0v) is 23.1. The summed E-state index contributed by atoms with van der Waals surface area (Å²) in [6.07, 6.45) is 3.88. The minimum atomic E-state index is -0.0462. The Labute approximate surface area is 231 Å². The smallest absolute Gasteiger partial charge is 0.256 e. The number of hydrogen-bond acceptors (Lipinski definition) is 7. The van der Waals surface area contributed by atoms with E-state index in [1.165, 1.54) is 0 Å². The van der Waals surface area contributed by atoms with Crippen LogP contribution in [0.4, 0.5) is 11.5 Å². The van der Waals surface area contributed by atoms with Gasteiger partial charge in [-0.25, -0.2) is 4.98 Å². The van der Waals surface area contributed by atoms with Crippen molar-refractivity contribution in [3.8, 4) is 11.1 Å². The predicted octanol–water partition coefficient (Wildman–Crippen LogP) is 4.00. The van der Waals surface area contributed by atoms with Crippen molar-refractivity contribution in [2.75, 3.05) is 64.4 Å². The summed E-state index contributed by atoms with van der Waals surface area (Å²) in [5.74, 6) is 0.647. The van der Waals surface area contributed by atoms with E-state index in [2.05, 4.69) is 40.8 Å². The lowest BCUT2D eigenvalue weighted by atomic mass is 9.95. The number of rotatable bonds is 10. The van der Waals surface area contributed by atoms with E-state index < -0.39 is 0 Å². The highest BCUT2D eigenvalue weighted by Crippen LogP contribution is 2.29. The second kappa shape index (κ2) is 12.7. The molecule has 0 bridgehead atoms. The van der Waals surface area contributed by atoms with Crippen LogP contribution in [-0.4, -0.2) is 84.7 Å². The van der Waals surface area contributed by atoms with Crippen LogP contribution in [0.5, 0.6) is 0 Å². The van der Waals surface area contributed by atoms with Crippen LogP contribution < -0.4 is 11.1 Å². The third-order valence-corrected chi connectivity index (χ3v) is 7.12. The number of carbonyl (C=O) groups is 2. The van der Waals surface area contributed by atoms with Gasteiger partial charge in [0.25, 0.3) is 5.91 Å². The van der Waals surface area contributed by atoms with E-state index in [4.69, 9.17) is 5.73 Å². The molecule has 3 aromatic rings. The van der Waals surface area contributed by atoms with Crippen molar-refractivity contribution in [3.63, 3.8) is 0 Å². The van der Waals surface area contributed by atoms with Gasteiger partial charge in [-0.2, -0.15) is 0 Å². The third-order valence-electron chi connectivity index (χ3n) is 7.12. The number of anilines is 2. The molecule has 0 saturated carbocycles. The van der Waals surface area contributed by atoms with Crippen molar-refractivity contribution >= 4 is 23.2 Å². The first-order chi connectivity index (χ1) is 18.8. The second-order valence-corrected chi connectivity index (χ2v) is 10.2. The molecule has 0 atom stereocenters. The Kier molecular flexibility index (Phi) is 9.11. The number of nitrogens with zero attached hydrogens (tertiary/aromatic N) is 4. The zero-order valence-electron chi connectivity index (χ0n) is 23.1. The maximum absolute atomic E-state index is 13.5. The van der Waals surface area contributed by atoms with Crippen LogP contribution in [0.1, 0.15) is 38.8 Å². The molecule has 4 rings (SSSR count). The summed E-state index contributed by atoms with van der Waals surface area (Å²) in [7, 11) is 4.14. The fourth-order valence-electron chi connectivity index (χ4n) is 4.86. The number of likely N-dealkylation sites (N-methyl/N-ethyl adjacent to an activating group) is 1. The van der Waals surface area contributed by atoms with Gasteiger partial charge < -0.3 is 20.9 Å². The van der Waals surface area contributed by atoms with Gasteiger partial charge in [0.05, 0.1) is 5.56 Å². The average Bonchev–Trinajstić information content (AvgIpc) is 2.93. The van der Waals surface area contributed by atoms with Crippen molar-refractivity contribution in [1.82, 2.24) is 19.7 Å². The molecule has 8 heteroatoms. The highest BCUT2D eigenvalue weighted by Gasteiger charge is 2.24. The number of nitrogen functional groups attached to an aromatic ring is 1. The summed E-state index contributed by atoms with van der Waals surface area (Å²) in [4.78, 5) is 36.8. The summed E-state index contributed by atoms with van der Waals surface area (Å²) in [5.41, 5.74) is 11.5. The molecule has 0 spiro atoms. The van der Waals surface area contributed by atoms with Gasteiger partial charge in [-0.05, 0) is 62.1 Å². The number of carbonyl (C=O) groups excluding carboxylic acids is 2. The summed E-state index contributed by atoms with van der Waals surface area (Å²) in [5, 5.41) is 3.10. The van der Waals surface area contributed by atoms with E-state index in [9.17, 15) is 9.59 Å². The van der Waals surface area contributed by atoms with Crippen LogP contribution in [0.3, 0.4) is 0 Å². The average molecular weight is 527 g/mol. The highest BCUT2D eigenvalue weighted by atomic mass is 16.2. The van der Waals surface area contributed by atoms with Gasteiger partial charge in [-0.3, -0.25) is 14.5 Å². The minimum absolute atomic E-state index is 0.0214. The Morgan fingerprint density at radius 3 is 2.46 bits per heavy atom. The fourth-order valence-corrected chi connectivity index (χ4v) is 4.86. The summed E-state index contributed by atoms with van der Waals surface area (Å²) in [6, 6.07) is 15.2. The number of ketones is 1. The molecule has 0 radical (unpaired) electrons. The van der Waals surface area contributed by atoms with Crippen molar-refractivity contribution in [2.24, 2.45) is 0 Å². The number of pyridine rings is 1. The number of amides is 1. The van der Waals surface area contributed by atoms with Gasteiger partial charge in [0.2, 0.25) is 0 Å². The monoisotopic (exact) mass is 526 g/mol. The van der Waals surface area contributed by atoms with Gasteiger partial charge in [0, 0.05) is 68.7 Å². The first-order valence-corrected chi connectivity index (χ1v) is 13.3. The molecule has 1 saturated heterocycles. The van der Waals surface area contributed by atoms with E-state index in [0.717, 1.165) is 48.4 Å². The van der Waals surface area contributed by atoms with Crippen LogP contribution >= 0.6 is 0 Å². The number of nitrogens with two attached hydrogens (primary N) is 1. The number of benzene rings is 2. The number of nitrogens with one attached hydrogen (secondary N) is 1. The van der Waals surface area contributed by atoms with Crippen molar-refractivity contribution in [2.45, 2.75) is 13.3 Å². The Bertz CT molecular complexity index is 1340. The molecule has 2 heterocycles. The van der Waals surface area contributed by atoms with Crippen LogP contribution in [0.15, 0.2) is 67.5 Å². The van der Waals surface area contributed by atoms with Crippen molar-refractivity contribution in [1.29, 1.82) is 0 Å². The largest absolute Gasteiger partial charge is 0.398 e. The SMILES string of the molecule is C=CNc1ncc(-c2ccc(N)c(C(=O)N3CCN(CCN(C)C)CC3)c2)cc1Cc1ccccc1C(C)=O. The summed E-state index contributed by atoms with van der Waals surface area (Å²) in [6.45, 7) is 10.4. The summed E-state index contributed by atoms with van der Waals surface area (Å²) < 4.78 is 0. The third kappa shape index (κ3) is 6.90. The molecule has 1 aromatic heterocycles. The van der Waals surface area contributed by atoms with Gasteiger partial charge in [-0.15, -0.1) is 0 Å². The molecular weight excluding hydrogens is 488 g/mol. The molecule has 1 fully saturated rings. The minimum Gasteiger partial charge on any atom is -0.398 e. The van der Waals surface area contributed by atoms with Gasteiger partial charge >= 0.3 is 0 Å². The Balaban J connectivity index is 1.58. The maximum Gasteiger partial charge on any atom is 0.256 e. The van der Waals surface area contributed by atoms with Gasteiger partial charge in [-0.1, -0.05) is 36.9 Å². The maximum atomic E-state index is 13.5. The number of aromatic nitrogens is 1. The summed E-state index contributed by atoms with van der Waals surface area (Å²) >= 11 is 0. The molecule has 1 aliphatic rings. The topological polar surface area (TPSA) is 94.8 Å². The normalized spacial score (nSPS) is 13.9. The van der Waals surface area contributed by atoms with Gasteiger partial charge in [0.1, 0.15) is 5.82 Å². The molecule has 0 aliphatic carbocycles. The van der Waals surface area contributed by atoms with E-state index in [1.54, 1.807) is 25.4 Å². The molecule has 8 nitrogen and oxygen atoms in total. The van der Waals surface area contributed by atoms with E-state index in [1.807, 2.05) is 47.4 Å². The fraction of sp³-hybridized carbons (Fsp3) is 0.323. The number of piperazine rings is 1. The van der Waals surface area contributed by atoms with Gasteiger partial charge in [0.15, 0.2) is 5.78 Å². The standard InChI is InChI=1S/C31H38N6O2/c1-5-33-30-25(18-24-8-6-7-9-27(24)22(2)38)19-26(21-34-30)23-10-11-29(32)28(20-23)31(39)37-16-14-36(15-17-37)13-12-35(3)4/h5-11,19-21H,1,12-18,32H2,2-4H3,(H,33,34). The Morgan fingerprint density at radius 2 is 1.77 bits per heavy atom. The number of hydrogen-bond donors (Lipinski definition) is 2. The van der Waals surface area contributed by atoms with E-state index in [0.29, 0.717) is 42.1 Å². The van der Waals surface area contributed by atoms with Crippen molar-refractivity contribution in [3.05, 3.63) is 89.8 Å². The zero-order chi connectivity index (χ0) is 27.9. The van der Waals surface area contributed by atoms with Crippen LogP contribution in [0.2, 0.25) is 0 Å². The molecule has 204 valence electrons. The lowest BCUT2D eigenvalue weighted by molar-refractivity contribution is 0.0630. The molecule has 39 heavy (non-hydrogen) atoms. The number of Topliss-reactive ketones (excluding diaryl/α,β-unsaturated/α-hetero) is 1. The molecule has 2 aromatic carbocycles. The predicted molar refractivity (Wildman–Crippen MR) is 158 cm³/mol. The van der Waals surface area contributed by atoms with E-state index in [-0.39, 0.29) is 11.7 Å². The van der Waals surface area contributed by atoms with Crippen molar-refractivity contribution < 1.29 is 9.59 Å². The first-order valence-electron chi connectivity index (χ1n) is 13.3. The lowest BCUT2D eigenvalue weighted by Gasteiger charge is -2.35. The quantitative estimate of drug-likeness (QED) is 0.305. The lowest BCUT2D eigenvalue weighted by Crippen LogP contribution is -2.50. The van der Waals surface area contributed by atoms with Crippen LogP contribution in [0, 0.1) is 0 Å². The highest BCUT2D eigenvalue weighted by molar-refractivity contribution is 6.00. The molecule has 0 unspecified atom stereocenters.